The Morgan fingerprint density at radius 3 is 2.50 bits per heavy atom. The molecule has 0 radical (unpaired) electrons. The van der Waals surface area contributed by atoms with Crippen molar-refractivity contribution in [1.29, 1.82) is 0 Å². The molecule has 5 aromatic rings. The molecule has 1 fully saturated rings. The van der Waals surface area contributed by atoms with Gasteiger partial charge in [-0.05, 0) is 30.3 Å². The SMILES string of the molecule is Nc1nc2c(ccn2CCN2CCN(c3ccccc3)CC2)c2nc(-c3ccco3)nn12. The van der Waals surface area contributed by atoms with Crippen LogP contribution in [0.15, 0.2) is 65.4 Å². The summed E-state index contributed by atoms with van der Waals surface area (Å²) in [6.45, 7) is 5.98. The maximum absolute atomic E-state index is 6.22. The Morgan fingerprint density at radius 1 is 0.875 bits per heavy atom. The van der Waals surface area contributed by atoms with Gasteiger partial charge in [0.05, 0.1) is 11.6 Å². The molecule has 0 spiro atoms. The predicted octanol–water partition coefficient (Wildman–Crippen LogP) is 2.74. The number of para-hydroxylation sites is 1. The first-order valence-electron chi connectivity index (χ1n) is 10.8. The first-order chi connectivity index (χ1) is 15.8. The van der Waals surface area contributed by atoms with Crippen molar-refractivity contribution in [2.24, 2.45) is 0 Å². The van der Waals surface area contributed by atoms with Crippen LogP contribution in [-0.2, 0) is 6.54 Å². The molecular weight excluding hydrogens is 404 g/mol. The summed E-state index contributed by atoms with van der Waals surface area (Å²) in [6, 6.07) is 16.3. The van der Waals surface area contributed by atoms with Gasteiger partial charge in [-0.25, -0.2) is 4.98 Å². The molecule has 0 aliphatic carbocycles. The van der Waals surface area contributed by atoms with Crippen molar-refractivity contribution < 1.29 is 4.42 Å². The summed E-state index contributed by atoms with van der Waals surface area (Å²) < 4.78 is 9.16. The molecule has 9 nitrogen and oxygen atoms in total. The summed E-state index contributed by atoms with van der Waals surface area (Å²) in [5.41, 5.74) is 9.04. The third-order valence-corrected chi connectivity index (χ3v) is 6.11. The maximum Gasteiger partial charge on any atom is 0.225 e. The molecule has 0 saturated carbocycles. The van der Waals surface area contributed by atoms with E-state index in [1.807, 2.05) is 18.2 Å². The summed E-state index contributed by atoms with van der Waals surface area (Å²) >= 11 is 0. The van der Waals surface area contributed by atoms with Gasteiger partial charge in [-0.2, -0.15) is 9.50 Å². The number of aromatic nitrogens is 5. The highest BCUT2D eigenvalue weighted by Crippen LogP contribution is 2.24. The fraction of sp³-hybridized carbons (Fsp3) is 0.261. The highest BCUT2D eigenvalue weighted by Gasteiger charge is 2.19. The van der Waals surface area contributed by atoms with Gasteiger partial charge in [-0.1, -0.05) is 18.2 Å². The van der Waals surface area contributed by atoms with Crippen LogP contribution >= 0.6 is 0 Å². The van der Waals surface area contributed by atoms with Gasteiger partial charge in [0.1, 0.15) is 5.65 Å². The highest BCUT2D eigenvalue weighted by atomic mass is 16.3. The zero-order valence-corrected chi connectivity index (χ0v) is 17.6. The summed E-state index contributed by atoms with van der Waals surface area (Å²) in [5, 5.41) is 5.40. The zero-order valence-electron chi connectivity index (χ0n) is 17.6. The van der Waals surface area contributed by atoms with Crippen LogP contribution in [0.2, 0.25) is 0 Å². The lowest BCUT2D eigenvalue weighted by atomic mass is 10.2. The second kappa shape index (κ2) is 7.69. The molecule has 6 rings (SSSR count). The Bertz CT molecular complexity index is 1350. The highest BCUT2D eigenvalue weighted by molar-refractivity contribution is 5.91. The standard InChI is InChI=1S/C23H24N8O/c24-23-26-21-18(22-25-20(27-31(22)23)19-7-4-16-32-19)8-9-30(21)15-12-28-10-13-29(14-11-28)17-5-2-1-3-6-17/h1-9,16H,10-15H2,(H2,24,26). The van der Waals surface area contributed by atoms with E-state index in [0.29, 0.717) is 23.2 Å². The largest absolute Gasteiger partial charge is 0.461 e. The molecule has 1 aliphatic heterocycles. The van der Waals surface area contributed by atoms with E-state index in [0.717, 1.165) is 50.3 Å². The average molecular weight is 429 g/mol. The van der Waals surface area contributed by atoms with Gasteiger partial charge in [-0.3, -0.25) is 4.90 Å². The molecule has 0 bridgehead atoms. The molecule has 162 valence electrons. The number of anilines is 2. The minimum atomic E-state index is 0.314. The summed E-state index contributed by atoms with van der Waals surface area (Å²) in [6.07, 6.45) is 3.66. The quantitative estimate of drug-likeness (QED) is 0.460. The number of nitrogens with two attached hydrogens (primary N) is 1. The number of hydrogen-bond donors (Lipinski definition) is 1. The number of rotatable bonds is 5. The molecule has 2 N–H and O–H groups in total. The molecule has 1 aliphatic rings. The Labute approximate surface area is 184 Å². The molecule has 0 atom stereocenters. The van der Waals surface area contributed by atoms with Crippen LogP contribution in [0.4, 0.5) is 11.6 Å². The monoisotopic (exact) mass is 428 g/mol. The molecule has 1 aromatic carbocycles. The van der Waals surface area contributed by atoms with E-state index in [9.17, 15) is 0 Å². The Kier molecular flexibility index (Phi) is 4.53. The Hall–Kier alpha value is -3.85. The van der Waals surface area contributed by atoms with E-state index in [2.05, 4.69) is 66.0 Å². The fourth-order valence-corrected chi connectivity index (χ4v) is 4.37. The minimum Gasteiger partial charge on any atom is -0.461 e. The van der Waals surface area contributed by atoms with E-state index < -0.39 is 0 Å². The third-order valence-electron chi connectivity index (χ3n) is 6.11. The van der Waals surface area contributed by atoms with Crippen LogP contribution in [0.1, 0.15) is 0 Å². The first-order valence-corrected chi connectivity index (χ1v) is 10.8. The second-order valence-electron chi connectivity index (χ2n) is 8.03. The van der Waals surface area contributed by atoms with Crippen molar-refractivity contribution in [1.82, 2.24) is 29.0 Å². The Morgan fingerprint density at radius 2 is 1.72 bits per heavy atom. The summed E-state index contributed by atoms with van der Waals surface area (Å²) in [5.74, 6) is 1.42. The third kappa shape index (κ3) is 3.27. The Balaban J connectivity index is 1.19. The number of piperazine rings is 1. The lowest BCUT2D eigenvalue weighted by Gasteiger charge is -2.36. The second-order valence-corrected chi connectivity index (χ2v) is 8.03. The topological polar surface area (TPSA) is 93.6 Å². The fourth-order valence-electron chi connectivity index (χ4n) is 4.37. The molecule has 9 heteroatoms. The maximum atomic E-state index is 6.22. The zero-order chi connectivity index (χ0) is 21.5. The molecule has 0 amide bonds. The van der Waals surface area contributed by atoms with Crippen LogP contribution in [-0.4, -0.2) is 61.8 Å². The molecule has 0 unspecified atom stereocenters. The lowest BCUT2D eigenvalue weighted by Crippen LogP contribution is -2.47. The van der Waals surface area contributed by atoms with Crippen LogP contribution in [0.25, 0.3) is 28.3 Å². The van der Waals surface area contributed by atoms with E-state index in [1.165, 1.54) is 5.69 Å². The summed E-state index contributed by atoms with van der Waals surface area (Å²) in [7, 11) is 0. The molecule has 1 saturated heterocycles. The van der Waals surface area contributed by atoms with Crippen molar-refractivity contribution in [2.75, 3.05) is 43.4 Å². The van der Waals surface area contributed by atoms with Gasteiger partial charge in [0.15, 0.2) is 11.4 Å². The van der Waals surface area contributed by atoms with Crippen molar-refractivity contribution in [3.05, 3.63) is 61.0 Å². The van der Waals surface area contributed by atoms with Crippen molar-refractivity contribution in [3.8, 4) is 11.6 Å². The van der Waals surface area contributed by atoms with E-state index >= 15 is 0 Å². The van der Waals surface area contributed by atoms with Crippen LogP contribution in [0.3, 0.4) is 0 Å². The van der Waals surface area contributed by atoms with E-state index in [1.54, 1.807) is 10.8 Å². The van der Waals surface area contributed by atoms with Gasteiger partial charge in [0.25, 0.3) is 0 Å². The summed E-state index contributed by atoms with van der Waals surface area (Å²) in [4.78, 5) is 14.2. The molecule has 32 heavy (non-hydrogen) atoms. The molecule has 5 heterocycles. The molecule has 4 aromatic heterocycles. The normalized spacial score (nSPS) is 15.2. The average Bonchev–Trinajstić information content (AvgIpc) is 3.58. The smallest absolute Gasteiger partial charge is 0.225 e. The predicted molar refractivity (Wildman–Crippen MR) is 123 cm³/mol. The number of nitrogen functional groups attached to an aromatic ring is 1. The number of fused-ring (bicyclic) bond motifs is 3. The first kappa shape index (κ1) is 18.9. The van der Waals surface area contributed by atoms with Crippen molar-refractivity contribution in [2.45, 2.75) is 6.54 Å². The van der Waals surface area contributed by atoms with Gasteiger partial charge in [0, 0.05) is 51.2 Å². The van der Waals surface area contributed by atoms with Crippen molar-refractivity contribution >= 4 is 28.3 Å². The number of benzene rings is 1. The van der Waals surface area contributed by atoms with Crippen LogP contribution < -0.4 is 10.6 Å². The molecular formula is C23H24N8O. The van der Waals surface area contributed by atoms with E-state index in [-0.39, 0.29) is 0 Å². The minimum absolute atomic E-state index is 0.314. The van der Waals surface area contributed by atoms with Gasteiger partial charge >= 0.3 is 0 Å². The van der Waals surface area contributed by atoms with Crippen molar-refractivity contribution in [3.63, 3.8) is 0 Å². The number of furan rings is 1. The lowest BCUT2D eigenvalue weighted by molar-refractivity contribution is 0.249. The van der Waals surface area contributed by atoms with Gasteiger partial charge < -0.3 is 19.6 Å². The van der Waals surface area contributed by atoms with Gasteiger partial charge in [-0.15, -0.1) is 5.10 Å². The van der Waals surface area contributed by atoms with Gasteiger partial charge in [0.2, 0.25) is 11.8 Å². The number of hydrogen-bond acceptors (Lipinski definition) is 7. The van der Waals surface area contributed by atoms with Crippen LogP contribution in [0.5, 0.6) is 0 Å². The van der Waals surface area contributed by atoms with E-state index in [4.69, 9.17) is 10.2 Å². The van der Waals surface area contributed by atoms with Crippen LogP contribution in [0, 0.1) is 0 Å². The number of nitrogens with zero attached hydrogens (tertiary/aromatic N) is 7.